The molecule has 1 heterocycles. The Balaban J connectivity index is 1.58. The van der Waals surface area contributed by atoms with Gasteiger partial charge in [-0.15, -0.1) is 0 Å². The quantitative estimate of drug-likeness (QED) is 0.634. The summed E-state index contributed by atoms with van der Waals surface area (Å²) in [5, 5.41) is 10.8. The van der Waals surface area contributed by atoms with Crippen molar-refractivity contribution in [2.75, 3.05) is 13.7 Å². The second kappa shape index (κ2) is 7.51. The molecule has 0 unspecified atom stereocenters. The summed E-state index contributed by atoms with van der Waals surface area (Å²) in [5.74, 6) is 2.01. The van der Waals surface area contributed by atoms with Crippen molar-refractivity contribution in [3.8, 4) is 0 Å². The maximum atomic E-state index is 6.02. The molecule has 0 amide bonds. The molecular formula is C17H29N5O2. The Morgan fingerprint density at radius 3 is 2.79 bits per heavy atom. The van der Waals surface area contributed by atoms with E-state index in [4.69, 9.17) is 9.26 Å². The van der Waals surface area contributed by atoms with E-state index in [-0.39, 0.29) is 5.41 Å². The van der Waals surface area contributed by atoms with Crippen molar-refractivity contribution in [3.63, 3.8) is 0 Å². The molecule has 0 bridgehead atoms. The van der Waals surface area contributed by atoms with Gasteiger partial charge in [-0.1, -0.05) is 24.4 Å². The Morgan fingerprint density at radius 1 is 1.38 bits per heavy atom. The normalized spacial score (nSPS) is 26.2. The lowest BCUT2D eigenvalue weighted by Gasteiger charge is -2.57. The molecule has 2 fully saturated rings. The van der Waals surface area contributed by atoms with Crippen molar-refractivity contribution in [3.05, 3.63) is 11.7 Å². The summed E-state index contributed by atoms with van der Waals surface area (Å²) >= 11 is 0. The molecule has 0 aliphatic heterocycles. The molecule has 2 N–H and O–H groups in total. The molecule has 2 aliphatic carbocycles. The lowest BCUT2D eigenvalue weighted by Crippen LogP contribution is -2.66. The number of aromatic nitrogens is 2. The zero-order valence-corrected chi connectivity index (χ0v) is 15.0. The van der Waals surface area contributed by atoms with Crippen LogP contribution in [-0.2, 0) is 11.3 Å². The van der Waals surface area contributed by atoms with E-state index in [2.05, 4.69) is 32.7 Å². The highest BCUT2D eigenvalue weighted by molar-refractivity contribution is 5.80. The Morgan fingerprint density at radius 2 is 2.17 bits per heavy atom. The van der Waals surface area contributed by atoms with Crippen LogP contribution in [0.5, 0.6) is 0 Å². The Bertz CT molecular complexity index is 565. The number of rotatable bonds is 5. The van der Waals surface area contributed by atoms with Gasteiger partial charge in [0.15, 0.2) is 11.8 Å². The molecule has 24 heavy (non-hydrogen) atoms. The van der Waals surface area contributed by atoms with Gasteiger partial charge in [0.25, 0.3) is 0 Å². The standard InChI is InChI=1S/C17H29N5O2/c1-4-23-14-10-13(17(14)8-6-5-7-9-17)21-16(18-3)19-11-15-20-12(2)24-22-15/h13-14H,4-11H2,1-3H3,(H2,18,19,21)/t13-,14-/m1/s1. The number of hydrogen-bond acceptors (Lipinski definition) is 5. The molecular weight excluding hydrogens is 306 g/mol. The molecule has 1 aromatic rings. The first-order chi connectivity index (χ1) is 11.7. The first-order valence-corrected chi connectivity index (χ1v) is 9.06. The molecule has 0 saturated heterocycles. The van der Waals surface area contributed by atoms with Crippen LogP contribution < -0.4 is 10.6 Å². The van der Waals surface area contributed by atoms with Crippen LogP contribution in [0.3, 0.4) is 0 Å². The number of aryl methyl sites for hydroxylation is 1. The van der Waals surface area contributed by atoms with Gasteiger partial charge in [0, 0.05) is 32.0 Å². The van der Waals surface area contributed by atoms with Gasteiger partial charge < -0.3 is 19.9 Å². The highest BCUT2D eigenvalue weighted by atomic mass is 16.5. The topological polar surface area (TPSA) is 84.6 Å². The summed E-state index contributed by atoms with van der Waals surface area (Å²) in [6.45, 7) is 5.18. The maximum Gasteiger partial charge on any atom is 0.223 e. The summed E-state index contributed by atoms with van der Waals surface area (Å²) < 4.78 is 11.0. The van der Waals surface area contributed by atoms with Crippen LogP contribution in [0, 0.1) is 12.3 Å². The van der Waals surface area contributed by atoms with E-state index >= 15 is 0 Å². The van der Waals surface area contributed by atoms with Gasteiger partial charge in [0.1, 0.15) is 0 Å². The van der Waals surface area contributed by atoms with Crippen LogP contribution in [0.1, 0.15) is 57.2 Å². The van der Waals surface area contributed by atoms with Crippen molar-refractivity contribution in [2.45, 2.75) is 71.1 Å². The van der Waals surface area contributed by atoms with Crippen molar-refractivity contribution in [2.24, 2.45) is 10.4 Å². The lowest BCUT2D eigenvalue weighted by molar-refractivity contribution is -0.145. The number of aliphatic imine (C=N–C) groups is 1. The molecule has 2 atom stereocenters. The SMILES string of the molecule is CCO[C@@H]1C[C@@H](NC(=NC)NCc2noc(C)n2)C12CCCCC2. The van der Waals surface area contributed by atoms with E-state index < -0.39 is 0 Å². The second-order valence-electron chi connectivity index (χ2n) is 6.83. The van der Waals surface area contributed by atoms with Gasteiger partial charge in [0.05, 0.1) is 12.6 Å². The Labute approximate surface area is 143 Å². The predicted molar refractivity (Wildman–Crippen MR) is 91.7 cm³/mol. The predicted octanol–water partition coefficient (Wildman–Crippen LogP) is 2.17. The van der Waals surface area contributed by atoms with Gasteiger partial charge in [-0.3, -0.25) is 4.99 Å². The largest absolute Gasteiger partial charge is 0.378 e. The minimum atomic E-state index is 0.272. The van der Waals surface area contributed by atoms with Gasteiger partial charge in [-0.25, -0.2) is 0 Å². The van der Waals surface area contributed by atoms with E-state index in [1.165, 1.54) is 32.1 Å². The average Bonchev–Trinajstić information content (AvgIpc) is 3.03. The summed E-state index contributed by atoms with van der Waals surface area (Å²) in [4.78, 5) is 8.56. The van der Waals surface area contributed by atoms with Crippen LogP contribution in [0.4, 0.5) is 0 Å². The van der Waals surface area contributed by atoms with Crippen molar-refractivity contribution < 1.29 is 9.26 Å². The zero-order chi connectivity index (χ0) is 17.0. The minimum Gasteiger partial charge on any atom is -0.378 e. The van der Waals surface area contributed by atoms with E-state index in [1.54, 1.807) is 14.0 Å². The molecule has 0 radical (unpaired) electrons. The van der Waals surface area contributed by atoms with Gasteiger partial charge in [-0.2, -0.15) is 4.98 Å². The average molecular weight is 335 g/mol. The molecule has 7 nitrogen and oxygen atoms in total. The molecule has 2 saturated carbocycles. The summed E-state index contributed by atoms with van der Waals surface area (Å²) in [6, 6.07) is 0.424. The smallest absolute Gasteiger partial charge is 0.223 e. The molecule has 3 rings (SSSR count). The second-order valence-corrected chi connectivity index (χ2v) is 6.83. The highest BCUT2D eigenvalue weighted by Gasteiger charge is 2.55. The van der Waals surface area contributed by atoms with Gasteiger partial charge in [0.2, 0.25) is 5.89 Å². The van der Waals surface area contributed by atoms with Crippen LogP contribution in [-0.4, -0.2) is 41.9 Å². The fourth-order valence-electron chi connectivity index (χ4n) is 4.20. The summed E-state index contributed by atoms with van der Waals surface area (Å²) in [6.07, 6.45) is 7.88. The summed E-state index contributed by atoms with van der Waals surface area (Å²) in [5.41, 5.74) is 0.272. The molecule has 134 valence electrons. The number of nitrogens with zero attached hydrogens (tertiary/aromatic N) is 3. The van der Waals surface area contributed by atoms with Gasteiger partial charge in [-0.05, 0) is 26.2 Å². The van der Waals surface area contributed by atoms with E-state index in [9.17, 15) is 0 Å². The molecule has 0 aromatic carbocycles. The molecule has 1 aromatic heterocycles. The molecule has 1 spiro atoms. The van der Waals surface area contributed by atoms with Crippen molar-refractivity contribution in [1.82, 2.24) is 20.8 Å². The fraction of sp³-hybridized carbons (Fsp3) is 0.824. The third-order valence-corrected chi connectivity index (χ3v) is 5.46. The van der Waals surface area contributed by atoms with Crippen molar-refractivity contribution in [1.29, 1.82) is 0 Å². The van der Waals surface area contributed by atoms with Crippen LogP contribution in [0.15, 0.2) is 9.52 Å². The van der Waals surface area contributed by atoms with Crippen LogP contribution in [0.2, 0.25) is 0 Å². The number of nitrogens with one attached hydrogen (secondary N) is 2. The van der Waals surface area contributed by atoms with Crippen molar-refractivity contribution >= 4 is 5.96 Å². The lowest BCUT2D eigenvalue weighted by atomic mass is 9.55. The maximum absolute atomic E-state index is 6.02. The number of guanidine groups is 1. The Hall–Kier alpha value is -1.63. The highest BCUT2D eigenvalue weighted by Crippen LogP contribution is 2.53. The van der Waals surface area contributed by atoms with E-state index in [1.807, 2.05) is 0 Å². The third kappa shape index (κ3) is 3.41. The third-order valence-electron chi connectivity index (χ3n) is 5.46. The van der Waals surface area contributed by atoms with E-state index in [0.29, 0.717) is 30.4 Å². The van der Waals surface area contributed by atoms with Crippen LogP contribution in [0.25, 0.3) is 0 Å². The monoisotopic (exact) mass is 335 g/mol. The summed E-state index contributed by atoms with van der Waals surface area (Å²) in [7, 11) is 1.79. The number of ether oxygens (including phenoxy) is 1. The molecule has 2 aliphatic rings. The fourth-order valence-corrected chi connectivity index (χ4v) is 4.20. The first-order valence-electron chi connectivity index (χ1n) is 9.06. The Kier molecular flexibility index (Phi) is 5.38. The minimum absolute atomic E-state index is 0.272. The number of hydrogen-bond donors (Lipinski definition) is 2. The zero-order valence-electron chi connectivity index (χ0n) is 15.0. The molecule has 7 heteroatoms. The van der Waals surface area contributed by atoms with Gasteiger partial charge >= 0.3 is 0 Å². The van der Waals surface area contributed by atoms with E-state index in [0.717, 1.165) is 19.0 Å². The first kappa shape index (κ1) is 17.2. The van der Waals surface area contributed by atoms with Crippen LogP contribution >= 0.6 is 0 Å².